The molecule has 0 aliphatic carbocycles. The van der Waals surface area contributed by atoms with Crippen molar-refractivity contribution >= 4 is 21.8 Å². The summed E-state index contributed by atoms with van der Waals surface area (Å²) in [5.41, 5.74) is -1.25. The highest BCUT2D eigenvalue weighted by molar-refractivity contribution is 9.10. The highest BCUT2D eigenvalue weighted by Crippen LogP contribution is 2.34. The Balaban J connectivity index is 2.35. The van der Waals surface area contributed by atoms with Crippen molar-refractivity contribution in [2.75, 3.05) is 13.1 Å². The quantitative estimate of drug-likeness (QED) is 0.758. The fraction of sp³-hybridized carbons (Fsp3) is 0.500. The molecule has 1 amide bonds. The molecule has 0 aromatic heterocycles. The summed E-state index contributed by atoms with van der Waals surface area (Å²) in [4.78, 5) is 13.8. The van der Waals surface area contributed by atoms with Crippen molar-refractivity contribution in [3.05, 3.63) is 33.8 Å². The number of ether oxygens (including phenoxy) is 1. The minimum absolute atomic E-state index is 0.192. The van der Waals surface area contributed by atoms with Gasteiger partial charge in [0, 0.05) is 17.6 Å². The number of carbonyl (C=O) groups is 1. The molecule has 1 fully saturated rings. The zero-order chi connectivity index (χ0) is 15.8. The average Bonchev–Trinajstić information content (AvgIpc) is 2.35. The van der Waals surface area contributed by atoms with Crippen LogP contribution in [0.25, 0.3) is 0 Å². The zero-order valence-corrected chi connectivity index (χ0v) is 13.2. The van der Waals surface area contributed by atoms with E-state index in [1.54, 1.807) is 13.8 Å². The van der Waals surface area contributed by atoms with E-state index < -0.39 is 17.6 Å². The molecular formula is C14H15BrF3NO2. The van der Waals surface area contributed by atoms with E-state index in [0.29, 0.717) is 0 Å². The van der Waals surface area contributed by atoms with Gasteiger partial charge in [-0.25, -0.2) is 0 Å². The smallest absolute Gasteiger partial charge is 0.372 e. The molecule has 1 aliphatic rings. The molecule has 0 bridgehead atoms. The molecule has 2 rings (SSSR count). The van der Waals surface area contributed by atoms with Crippen LogP contribution in [0.5, 0.6) is 0 Å². The van der Waals surface area contributed by atoms with E-state index >= 15 is 0 Å². The van der Waals surface area contributed by atoms with Gasteiger partial charge in [-0.3, -0.25) is 4.79 Å². The van der Waals surface area contributed by atoms with E-state index in [-0.39, 0.29) is 35.3 Å². The summed E-state index contributed by atoms with van der Waals surface area (Å²) in [6.07, 6.45) is -4.96. The maximum atomic E-state index is 13.1. The lowest BCUT2D eigenvalue weighted by Crippen LogP contribution is -2.48. The van der Waals surface area contributed by atoms with Crippen molar-refractivity contribution in [2.45, 2.75) is 32.2 Å². The predicted octanol–water partition coefficient (Wildman–Crippen LogP) is 3.72. The molecule has 7 heteroatoms. The fourth-order valence-electron chi connectivity index (χ4n) is 2.45. The maximum Gasteiger partial charge on any atom is 0.417 e. The SMILES string of the molecule is CC1CN(C(=O)c2ccc(Br)cc2C(F)(F)F)CC(C)O1. The summed E-state index contributed by atoms with van der Waals surface area (Å²) in [5, 5.41) is 0. The number of hydrogen-bond acceptors (Lipinski definition) is 2. The first kappa shape index (κ1) is 16.3. The summed E-state index contributed by atoms with van der Waals surface area (Å²) < 4.78 is 45.1. The Kier molecular flexibility index (Phi) is 4.63. The molecule has 2 unspecified atom stereocenters. The molecular weight excluding hydrogens is 351 g/mol. The molecule has 1 aromatic carbocycles. The topological polar surface area (TPSA) is 29.5 Å². The number of halogens is 4. The monoisotopic (exact) mass is 365 g/mol. The van der Waals surface area contributed by atoms with Gasteiger partial charge in [-0.15, -0.1) is 0 Å². The van der Waals surface area contributed by atoms with Crippen LogP contribution in [-0.4, -0.2) is 36.1 Å². The molecule has 0 radical (unpaired) electrons. The lowest BCUT2D eigenvalue weighted by atomic mass is 10.0. The Morgan fingerprint density at radius 3 is 2.38 bits per heavy atom. The van der Waals surface area contributed by atoms with Gasteiger partial charge in [-0.2, -0.15) is 13.2 Å². The number of benzene rings is 1. The number of alkyl halides is 3. The number of hydrogen-bond donors (Lipinski definition) is 0. The Morgan fingerprint density at radius 2 is 1.86 bits per heavy atom. The minimum Gasteiger partial charge on any atom is -0.372 e. The van der Waals surface area contributed by atoms with E-state index in [1.165, 1.54) is 17.0 Å². The average molecular weight is 366 g/mol. The molecule has 0 N–H and O–H groups in total. The summed E-state index contributed by atoms with van der Waals surface area (Å²) >= 11 is 3.01. The van der Waals surface area contributed by atoms with Gasteiger partial charge < -0.3 is 9.64 Å². The number of carbonyl (C=O) groups excluding carboxylic acids is 1. The van der Waals surface area contributed by atoms with Gasteiger partial charge in [0.2, 0.25) is 0 Å². The molecule has 21 heavy (non-hydrogen) atoms. The van der Waals surface area contributed by atoms with Crippen LogP contribution < -0.4 is 0 Å². The third-order valence-corrected chi connectivity index (χ3v) is 3.72. The van der Waals surface area contributed by atoms with Crippen LogP contribution >= 0.6 is 15.9 Å². The fourth-order valence-corrected chi connectivity index (χ4v) is 2.81. The molecule has 2 atom stereocenters. The molecule has 1 aliphatic heterocycles. The Labute approximate surface area is 129 Å². The van der Waals surface area contributed by atoms with Gasteiger partial charge in [-0.05, 0) is 32.0 Å². The number of amides is 1. The Morgan fingerprint density at radius 1 is 1.29 bits per heavy atom. The maximum absolute atomic E-state index is 13.1. The van der Waals surface area contributed by atoms with Crippen molar-refractivity contribution in [3.8, 4) is 0 Å². The highest BCUT2D eigenvalue weighted by Gasteiger charge is 2.37. The second kappa shape index (κ2) is 5.96. The second-order valence-corrected chi connectivity index (χ2v) is 6.07. The van der Waals surface area contributed by atoms with Gasteiger partial charge in [0.25, 0.3) is 5.91 Å². The molecule has 1 heterocycles. The standard InChI is InChI=1S/C14H15BrF3NO2/c1-8-6-19(7-9(2)21-8)13(20)11-4-3-10(15)5-12(11)14(16,17)18/h3-5,8-9H,6-7H2,1-2H3. The summed E-state index contributed by atoms with van der Waals surface area (Å²) in [6.45, 7) is 4.16. The first-order valence-electron chi connectivity index (χ1n) is 6.50. The lowest BCUT2D eigenvalue weighted by molar-refractivity contribution is -0.138. The predicted molar refractivity (Wildman–Crippen MR) is 75.1 cm³/mol. The van der Waals surface area contributed by atoms with Gasteiger partial charge >= 0.3 is 6.18 Å². The number of rotatable bonds is 1. The van der Waals surface area contributed by atoms with Crippen molar-refractivity contribution in [2.24, 2.45) is 0 Å². The summed E-state index contributed by atoms with van der Waals surface area (Å²) in [7, 11) is 0. The minimum atomic E-state index is -4.57. The first-order chi connectivity index (χ1) is 9.68. The van der Waals surface area contributed by atoms with Gasteiger partial charge in [-0.1, -0.05) is 15.9 Å². The van der Waals surface area contributed by atoms with Crippen LogP contribution in [0.4, 0.5) is 13.2 Å². The second-order valence-electron chi connectivity index (χ2n) is 5.16. The lowest BCUT2D eigenvalue weighted by Gasteiger charge is -2.35. The van der Waals surface area contributed by atoms with Gasteiger partial charge in [0.15, 0.2) is 0 Å². The van der Waals surface area contributed by atoms with E-state index in [4.69, 9.17) is 4.74 Å². The van der Waals surface area contributed by atoms with Gasteiger partial charge in [0.1, 0.15) is 0 Å². The van der Waals surface area contributed by atoms with Crippen LogP contribution in [0.3, 0.4) is 0 Å². The molecule has 116 valence electrons. The van der Waals surface area contributed by atoms with E-state index in [9.17, 15) is 18.0 Å². The number of nitrogens with zero attached hydrogens (tertiary/aromatic N) is 1. The summed E-state index contributed by atoms with van der Waals surface area (Å²) in [5.74, 6) is -0.614. The van der Waals surface area contributed by atoms with Gasteiger partial charge in [0.05, 0.1) is 23.3 Å². The van der Waals surface area contributed by atoms with Crippen LogP contribution in [-0.2, 0) is 10.9 Å². The molecule has 1 saturated heterocycles. The molecule has 0 spiro atoms. The Bertz CT molecular complexity index is 538. The molecule has 0 saturated carbocycles. The first-order valence-corrected chi connectivity index (χ1v) is 7.29. The third-order valence-electron chi connectivity index (χ3n) is 3.22. The normalized spacial score (nSPS) is 23.2. The van der Waals surface area contributed by atoms with Crippen LogP contribution in [0.1, 0.15) is 29.8 Å². The largest absolute Gasteiger partial charge is 0.417 e. The van der Waals surface area contributed by atoms with Crippen LogP contribution in [0.15, 0.2) is 22.7 Å². The van der Waals surface area contributed by atoms with E-state index in [0.717, 1.165) is 6.07 Å². The molecule has 1 aromatic rings. The van der Waals surface area contributed by atoms with E-state index in [1.807, 2.05) is 0 Å². The van der Waals surface area contributed by atoms with Crippen LogP contribution in [0, 0.1) is 0 Å². The van der Waals surface area contributed by atoms with Crippen molar-refractivity contribution in [1.82, 2.24) is 4.90 Å². The summed E-state index contributed by atoms with van der Waals surface area (Å²) in [6, 6.07) is 3.58. The Hall–Kier alpha value is -1.08. The van der Waals surface area contributed by atoms with Crippen molar-refractivity contribution in [3.63, 3.8) is 0 Å². The highest BCUT2D eigenvalue weighted by atomic mass is 79.9. The van der Waals surface area contributed by atoms with Crippen molar-refractivity contribution < 1.29 is 22.7 Å². The van der Waals surface area contributed by atoms with E-state index in [2.05, 4.69) is 15.9 Å². The zero-order valence-electron chi connectivity index (χ0n) is 11.6. The van der Waals surface area contributed by atoms with Crippen molar-refractivity contribution in [1.29, 1.82) is 0 Å². The van der Waals surface area contributed by atoms with Crippen LogP contribution in [0.2, 0.25) is 0 Å². The molecule has 3 nitrogen and oxygen atoms in total. The number of morpholine rings is 1. The third kappa shape index (κ3) is 3.77.